The average molecular weight is 707 g/mol. The number of hydrogen-bond donors (Lipinski definition) is 1. The van der Waals surface area contributed by atoms with Crippen LogP contribution >= 0.6 is 11.6 Å². The second-order valence-corrected chi connectivity index (χ2v) is 12.4. The zero-order valence-electron chi connectivity index (χ0n) is 26.9. The molecule has 14 nitrogen and oxygen atoms in total. The maximum absolute atomic E-state index is 12.4. The van der Waals surface area contributed by atoms with Crippen LogP contribution in [0.1, 0.15) is 45.1 Å². The van der Waals surface area contributed by atoms with Crippen molar-refractivity contribution in [2.45, 2.75) is 70.1 Å². The van der Waals surface area contributed by atoms with Crippen molar-refractivity contribution in [3.8, 4) is 22.8 Å². The fourth-order valence-electron chi connectivity index (χ4n) is 6.02. The van der Waals surface area contributed by atoms with Crippen LogP contribution in [0.2, 0.25) is 5.02 Å². The van der Waals surface area contributed by atoms with Gasteiger partial charge < -0.3 is 19.5 Å². The lowest BCUT2D eigenvalue weighted by Crippen LogP contribution is -2.45. The van der Waals surface area contributed by atoms with Gasteiger partial charge in [0.25, 0.3) is 5.88 Å². The third-order valence-corrected chi connectivity index (χ3v) is 8.73. The highest BCUT2D eigenvalue weighted by atomic mass is 35.5. The van der Waals surface area contributed by atoms with Crippen molar-refractivity contribution in [1.29, 1.82) is 0 Å². The highest BCUT2D eigenvalue weighted by molar-refractivity contribution is 6.32. The van der Waals surface area contributed by atoms with Gasteiger partial charge in [-0.3, -0.25) is 14.3 Å². The monoisotopic (exact) mass is 706 g/mol. The molecule has 1 aliphatic heterocycles. The maximum atomic E-state index is 12.4. The molecule has 1 saturated carbocycles. The molecule has 4 heterocycles. The Hall–Kier alpha value is -4.06. The van der Waals surface area contributed by atoms with Gasteiger partial charge in [-0.25, -0.2) is 14.6 Å². The van der Waals surface area contributed by atoms with Crippen molar-refractivity contribution < 1.29 is 32.1 Å². The van der Waals surface area contributed by atoms with E-state index in [1.807, 2.05) is 29.9 Å². The SMILES string of the molecule is C[C@@H](Cn1cnnn1)Oc1cc(-c2cnc(Nc3cn([C@H]4CC[C@H](N5CCOCC5)CC4)nc3OCCCOC(F)(F)F)nc2)ccc1Cl. The van der Waals surface area contributed by atoms with Crippen molar-refractivity contribution >= 4 is 23.2 Å². The number of rotatable bonds is 14. The first kappa shape index (κ1) is 34.8. The Bertz CT molecular complexity index is 1610. The van der Waals surface area contributed by atoms with Crippen molar-refractivity contribution in [3.63, 3.8) is 0 Å². The third-order valence-electron chi connectivity index (χ3n) is 8.42. The molecular weight excluding hydrogens is 669 g/mol. The first-order valence-corrected chi connectivity index (χ1v) is 16.6. The van der Waals surface area contributed by atoms with Crippen LogP contribution in [0.4, 0.5) is 24.8 Å². The molecule has 1 atom stereocenters. The van der Waals surface area contributed by atoms with Crippen LogP contribution in [-0.2, 0) is 16.0 Å². The lowest BCUT2D eigenvalue weighted by molar-refractivity contribution is -0.324. The van der Waals surface area contributed by atoms with E-state index < -0.39 is 13.0 Å². The Kier molecular flexibility index (Phi) is 11.4. The van der Waals surface area contributed by atoms with Crippen LogP contribution in [0, 0.1) is 0 Å². The predicted molar refractivity (Wildman–Crippen MR) is 172 cm³/mol. The normalized spacial score (nSPS) is 19.4. The summed E-state index contributed by atoms with van der Waals surface area (Å²) in [5.41, 5.74) is 2.04. The zero-order valence-corrected chi connectivity index (χ0v) is 27.7. The minimum Gasteiger partial charge on any atom is -0.487 e. The highest BCUT2D eigenvalue weighted by Crippen LogP contribution is 2.35. The number of alkyl halides is 3. The molecule has 2 fully saturated rings. The molecule has 49 heavy (non-hydrogen) atoms. The summed E-state index contributed by atoms with van der Waals surface area (Å²) in [6.07, 6.45) is 5.74. The number of halogens is 4. The summed E-state index contributed by atoms with van der Waals surface area (Å²) in [6, 6.07) is 6.08. The molecule has 0 amide bonds. The molecule has 0 spiro atoms. The molecule has 2 aliphatic rings. The lowest BCUT2D eigenvalue weighted by Gasteiger charge is -2.38. The Morgan fingerprint density at radius 1 is 1.04 bits per heavy atom. The molecule has 264 valence electrons. The maximum Gasteiger partial charge on any atom is 0.522 e. The number of ether oxygens (including phenoxy) is 4. The van der Waals surface area contributed by atoms with Crippen LogP contribution in [0.15, 0.2) is 43.1 Å². The third kappa shape index (κ3) is 9.77. The van der Waals surface area contributed by atoms with E-state index in [0.717, 1.165) is 63.1 Å². The molecular formula is C31H38ClF3N10O4. The lowest BCUT2D eigenvalue weighted by atomic mass is 9.90. The Balaban J connectivity index is 1.12. The van der Waals surface area contributed by atoms with E-state index in [4.69, 9.17) is 25.8 Å². The number of aromatic nitrogens is 8. The zero-order chi connectivity index (χ0) is 34.2. The van der Waals surface area contributed by atoms with Gasteiger partial charge in [0.2, 0.25) is 5.95 Å². The van der Waals surface area contributed by atoms with Crippen LogP contribution in [0.5, 0.6) is 11.6 Å². The molecule has 0 radical (unpaired) electrons. The molecule has 3 aromatic heterocycles. The topological polar surface area (TPSA) is 139 Å². The van der Waals surface area contributed by atoms with E-state index in [9.17, 15) is 13.2 Å². The van der Waals surface area contributed by atoms with E-state index in [2.05, 4.69) is 45.5 Å². The molecule has 4 aromatic rings. The predicted octanol–water partition coefficient (Wildman–Crippen LogP) is 5.31. The summed E-state index contributed by atoms with van der Waals surface area (Å²) < 4.78 is 62.0. The molecule has 0 unspecified atom stereocenters. The number of hydrogen-bond acceptors (Lipinski definition) is 12. The molecule has 1 aliphatic carbocycles. The second-order valence-electron chi connectivity index (χ2n) is 12.0. The van der Waals surface area contributed by atoms with Gasteiger partial charge in [-0.2, -0.15) is 0 Å². The number of nitrogens with zero attached hydrogens (tertiary/aromatic N) is 9. The summed E-state index contributed by atoms with van der Waals surface area (Å²) in [5.74, 6) is 1.05. The quantitative estimate of drug-likeness (QED) is 0.170. The first-order chi connectivity index (χ1) is 23.7. The van der Waals surface area contributed by atoms with Crippen LogP contribution in [-0.4, -0.2) is 103 Å². The summed E-state index contributed by atoms with van der Waals surface area (Å²) in [5, 5.41) is 19.4. The van der Waals surface area contributed by atoms with Gasteiger partial charge in [0.05, 0.1) is 50.2 Å². The standard InChI is InChI=1S/C31H38ClF3N10O4/c1-21(18-44-20-38-41-42-44)49-28-15-22(3-8-26(28)32)23-16-36-30(37-17-23)39-27-19-45(40-29(27)47-11-2-12-48-31(33,34)35)25-6-4-24(5-7-25)43-9-13-46-14-10-43/h3,8,15-17,19-21,24-25H,2,4-7,9-14,18H2,1H3,(H,36,37,39)/t21-,24-,25-/m0/s1. The van der Waals surface area contributed by atoms with Crippen molar-refractivity contribution in [1.82, 2.24) is 44.9 Å². The molecule has 1 aromatic carbocycles. The van der Waals surface area contributed by atoms with E-state index in [1.54, 1.807) is 23.1 Å². The Morgan fingerprint density at radius 2 is 1.80 bits per heavy atom. The van der Waals surface area contributed by atoms with Gasteiger partial charge in [0.15, 0.2) is 0 Å². The van der Waals surface area contributed by atoms with Gasteiger partial charge in [0, 0.05) is 43.5 Å². The molecule has 6 rings (SSSR count). The van der Waals surface area contributed by atoms with Crippen molar-refractivity contribution in [2.75, 3.05) is 44.8 Å². The van der Waals surface area contributed by atoms with Gasteiger partial charge >= 0.3 is 6.36 Å². The van der Waals surface area contributed by atoms with E-state index in [-0.39, 0.29) is 31.1 Å². The first-order valence-electron chi connectivity index (χ1n) is 16.2. The van der Waals surface area contributed by atoms with Crippen LogP contribution in [0.25, 0.3) is 11.1 Å². The summed E-state index contributed by atoms with van der Waals surface area (Å²) >= 11 is 6.42. The minimum atomic E-state index is -4.69. The van der Waals surface area contributed by atoms with E-state index >= 15 is 0 Å². The average Bonchev–Trinajstić information content (AvgIpc) is 3.76. The van der Waals surface area contributed by atoms with E-state index in [0.29, 0.717) is 35.0 Å². The smallest absolute Gasteiger partial charge is 0.487 e. The fraction of sp³-hybridized carbons (Fsp3) is 0.548. The van der Waals surface area contributed by atoms with Gasteiger partial charge in [-0.05, 0) is 60.7 Å². The Morgan fingerprint density at radius 3 is 2.51 bits per heavy atom. The largest absolute Gasteiger partial charge is 0.522 e. The molecule has 1 saturated heterocycles. The highest BCUT2D eigenvalue weighted by Gasteiger charge is 2.30. The number of anilines is 2. The van der Waals surface area contributed by atoms with Crippen LogP contribution in [0.3, 0.4) is 0 Å². The van der Waals surface area contributed by atoms with Gasteiger partial charge in [0.1, 0.15) is 23.9 Å². The number of nitrogens with one attached hydrogen (secondary N) is 1. The summed E-state index contributed by atoms with van der Waals surface area (Å²) in [4.78, 5) is 11.5. The number of tetrazole rings is 1. The Labute approximate surface area is 285 Å². The molecule has 1 N–H and O–H groups in total. The molecule has 0 bridgehead atoms. The van der Waals surface area contributed by atoms with Gasteiger partial charge in [-0.15, -0.1) is 23.4 Å². The van der Waals surface area contributed by atoms with E-state index in [1.165, 1.54) is 6.33 Å². The summed E-state index contributed by atoms with van der Waals surface area (Å²) in [6.45, 7) is 5.25. The minimum absolute atomic E-state index is 0.0132. The van der Waals surface area contributed by atoms with Crippen molar-refractivity contribution in [2.24, 2.45) is 0 Å². The second kappa shape index (κ2) is 16.1. The van der Waals surface area contributed by atoms with Crippen LogP contribution < -0.4 is 14.8 Å². The fourth-order valence-corrected chi connectivity index (χ4v) is 6.18. The van der Waals surface area contributed by atoms with Crippen molar-refractivity contribution in [3.05, 3.63) is 48.1 Å². The van der Waals surface area contributed by atoms with Gasteiger partial charge in [-0.1, -0.05) is 17.7 Å². The summed E-state index contributed by atoms with van der Waals surface area (Å²) in [7, 11) is 0. The molecule has 18 heteroatoms. The number of morpholine rings is 1. The number of benzene rings is 1.